The van der Waals surface area contributed by atoms with Crippen LogP contribution in [0, 0.1) is 6.92 Å². The maximum absolute atomic E-state index is 13.0. The highest BCUT2D eigenvalue weighted by Crippen LogP contribution is 2.41. The Hall–Kier alpha value is -3.37. The Labute approximate surface area is 170 Å². The molecule has 1 saturated heterocycles. The van der Waals surface area contributed by atoms with Crippen LogP contribution in [0.4, 0.5) is 35.3 Å². The van der Waals surface area contributed by atoms with Crippen molar-refractivity contribution < 1.29 is 22.8 Å². The molecule has 30 heavy (non-hydrogen) atoms. The van der Waals surface area contributed by atoms with Crippen molar-refractivity contribution >= 4 is 29.3 Å². The van der Waals surface area contributed by atoms with Crippen LogP contribution in [0.25, 0.3) is 0 Å². The molecule has 2 aliphatic rings. The van der Waals surface area contributed by atoms with E-state index in [-0.39, 0.29) is 17.6 Å². The van der Waals surface area contributed by atoms with Crippen LogP contribution in [0.1, 0.15) is 22.5 Å². The lowest BCUT2D eigenvalue weighted by Crippen LogP contribution is -2.49. The largest absolute Gasteiger partial charge is 0.405 e. The lowest BCUT2D eigenvalue weighted by molar-refractivity contribution is -0.123. The van der Waals surface area contributed by atoms with Gasteiger partial charge < -0.3 is 10.2 Å². The van der Waals surface area contributed by atoms with E-state index in [4.69, 9.17) is 0 Å². The van der Waals surface area contributed by atoms with Gasteiger partial charge in [-0.1, -0.05) is 6.07 Å². The van der Waals surface area contributed by atoms with Gasteiger partial charge in [-0.2, -0.15) is 13.2 Å². The van der Waals surface area contributed by atoms with Gasteiger partial charge in [-0.25, -0.2) is 14.8 Å². The highest BCUT2D eigenvalue weighted by atomic mass is 19.4. The normalized spacial score (nSPS) is 17.5. The van der Waals surface area contributed by atoms with E-state index in [1.165, 1.54) is 11.0 Å². The predicted molar refractivity (Wildman–Crippen MR) is 104 cm³/mol. The molecule has 2 aliphatic heterocycles. The topological polar surface area (TPSA) is 90.5 Å². The van der Waals surface area contributed by atoms with E-state index < -0.39 is 24.7 Å². The van der Waals surface area contributed by atoms with E-state index >= 15 is 0 Å². The van der Waals surface area contributed by atoms with Crippen LogP contribution in [-0.2, 0) is 0 Å². The summed E-state index contributed by atoms with van der Waals surface area (Å²) in [6, 6.07) is 5.91. The number of alkyl halides is 3. The number of carbonyl (C=O) groups excluding carboxylic acids is 2. The molecule has 4 rings (SSSR count). The first-order chi connectivity index (χ1) is 14.2. The molecule has 0 radical (unpaired) electrons. The number of hydrogen-bond donors (Lipinski definition) is 2. The number of rotatable bonds is 3. The standard InChI is InChI=1S/C19H19F3N6O2/c1-11-8-13(17(29)24-10-19(20,21)22)25-16-15(11)27-7-5-12(9-27)28(16)18(30)26-14-4-2-3-6-23-14/h2-4,6,8,12H,5,7,9-10H2,1H3,(H,24,29)(H,23,26,30)/t12-/m0/s1. The van der Waals surface area contributed by atoms with E-state index in [0.29, 0.717) is 36.6 Å². The molecule has 0 aliphatic carbocycles. The average Bonchev–Trinajstić information content (AvgIpc) is 3.09. The molecule has 4 heterocycles. The van der Waals surface area contributed by atoms with Crippen molar-refractivity contribution in [2.75, 3.05) is 34.8 Å². The molecule has 0 aromatic carbocycles. The Morgan fingerprint density at radius 2 is 2.10 bits per heavy atom. The van der Waals surface area contributed by atoms with E-state index in [2.05, 4.69) is 20.2 Å². The molecule has 3 amide bonds. The average molecular weight is 420 g/mol. The summed E-state index contributed by atoms with van der Waals surface area (Å²) >= 11 is 0. The third-order valence-electron chi connectivity index (χ3n) is 5.04. The lowest BCUT2D eigenvalue weighted by Gasteiger charge is -2.36. The van der Waals surface area contributed by atoms with Gasteiger partial charge in [0.15, 0.2) is 5.82 Å². The third-order valence-corrected chi connectivity index (χ3v) is 5.04. The van der Waals surface area contributed by atoms with Crippen LogP contribution in [0.5, 0.6) is 0 Å². The highest BCUT2D eigenvalue weighted by Gasteiger charge is 2.41. The molecule has 8 nitrogen and oxygen atoms in total. The van der Waals surface area contributed by atoms with Gasteiger partial charge in [0, 0.05) is 19.3 Å². The Kier molecular flexibility index (Phi) is 4.96. The van der Waals surface area contributed by atoms with E-state index in [9.17, 15) is 22.8 Å². The Morgan fingerprint density at radius 3 is 2.80 bits per heavy atom. The summed E-state index contributed by atoms with van der Waals surface area (Å²) in [7, 11) is 0. The minimum Gasteiger partial charge on any atom is -0.366 e. The van der Waals surface area contributed by atoms with Crippen molar-refractivity contribution in [3.05, 3.63) is 41.7 Å². The number of anilines is 3. The van der Waals surface area contributed by atoms with Crippen LogP contribution >= 0.6 is 0 Å². The lowest BCUT2D eigenvalue weighted by atomic mass is 10.1. The van der Waals surface area contributed by atoms with Crippen LogP contribution in [0.3, 0.4) is 0 Å². The van der Waals surface area contributed by atoms with Gasteiger partial charge in [0.05, 0.1) is 11.7 Å². The Balaban J connectivity index is 1.67. The van der Waals surface area contributed by atoms with E-state index in [1.54, 1.807) is 31.3 Å². The molecule has 0 unspecified atom stereocenters. The number of halogens is 3. The second kappa shape index (κ2) is 7.47. The van der Waals surface area contributed by atoms with Crippen molar-refractivity contribution in [1.82, 2.24) is 15.3 Å². The number of aryl methyl sites for hydroxylation is 1. The number of carbonyl (C=O) groups is 2. The summed E-state index contributed by atoms with van der Waals surface area (Å²) < 4.78 is 37.4. The van der Waals surface area contributed by atoms with Crippen LogP contribution in [-0.4, -0.2) is 53.8 Å². The van der Waals surface area contributed by atoms with Gasteiger partial charge in [-0.05, 0) is 37.1 Å². The first-order valence-electron chi connectivity index (χ1n) is 9.36. The van der Waals surface area contributed by atoms with Crippen molar-refractivity contribution in [2.45, 2.75) is 25.6 Å². The van der Waals surface area contributed by atoms with Crippen molar-refractivity contribution in [2.24, 2.45) is 0 Å². The maximum Gasteiger partial charge on any atom is 0.405 e. The van der Waals surface area contributed by atoms with Gasteiger partial charge >= 0.3 is 12.2 Å². The molecule has 0 spiro atoms. The van der Waals surface area contributed by atoms with Gasteiger partial charge in [-0.15, -0.1) is 0 Å². The van der Waals surface area contributed by atoms with Crippen LogP contribution in [0.15, 0.2) is 30.5 Å². The van der Waals surface area contributed by atoms with Gasteiger partial charge in [0.25, 0.3) is 5.91 Å². The summed E-state index contributed by atoms with van der Waals surface area (Å²) in [5.41, 5.74) is 1.19. The first kappa shape index (κ1) is 19.9. The van der Waals surface area contributed by atoms with Crippen molar-refractivity contribution in [3.8, 4) is 0 Å². The number of aromatic nitrogens is 2. The summed E-state index contributed by atoms with van der Waals surface area (Å²) in [5, 5.41) is 4.54. The number of pyridine rings is 2. The quantitative estimate of drug-likeness (QED) is 0.797. The minimum absolute atomic E-state index is 0.165. The van der Waals surface area contributed by atoms with Gasteiger partial charge in [-0.3, -0.25) is 15.0 Å². The number of nitrogens with zero attached hydrogens (tertiary/aromatic N) is 4. The molecule has 158 valence electrons. The summed E-state index contributed by atoms with van der Waals surface area (Å²) in [5.74, 6) is -0.328. The van der Waals surface area contributed by atoms with Crippen LogP contribution in [0.2, 0.25) is 0 Å². The zero-order chi connectivity index (χ0) is 21.5. The summed E-state index contributed by atoms with van der Waals surface area (Å²) in [6.45, 7) is 1.62. The van der Waals surface area contributed by atoms with Crippen molar-refractivity contribution in [1.29, 1.82) is 0 Å². The van der Waals surface area contributed by atoms with Crippen LogP contribution < -0.4 is 20.4 Å². The Bertz CT molecular complexity index is 982. The Morgan fingerprint density at radius 1 is 1.30 bits per heavy atom. The highest BCUT2D eigenvalue weighted by molar-refractivity contribution is 6.05. The summed E-state index contributed by atoms with van der Waals surface area (Å²) in [4.78, 5) is 37.2. The number of urea groups is 1. The van der Waals surface area contributed by atoms with Gasteiger partial charge in [0.2, 0.25) is 0 Å². The zero-order valence-electron chi connectivity index (χ0n) is 16.0. The number of amides is 3. The molecule has 2 aromatic heterocycles. The molecule has 1 fully saturated rings. The SMILES string of the molecule is Cc1cc(C(=O)NCC(F)(F)F)nc2c1N1CC[C@@H](C1)N2C(=O)Nc1ccccn1. The summed E-state index contributed by atoms with van der Waals surface area (Å²) in [6.07, 6.45) is -2.28. The predicted octanol–water partition coefficient (Wildman–Crippen LogP) is 2.71. The number of hydrogen-bond acceptors (Lipinski definition) is 5. The molecule has 11 heteroatoms. The maximum atomic E-state index is 13.0. The fourth-order valence-corrected chi connectivity index (χ4v) is 3.79. The number of nitrogens with one attached hydrogen (secondary N) is 2. The van der Waals surface area contributed by atoms with E-state index in [0.717, 1.165) is 0 Å². The third kappa shape index (κ3) is 3.87. The second-order valence-corrected chi connectivity index (χ2v) is 7.20. The number of fused-ring (bicyclic) bond motifs is 4. The van der Waals surface area contributed by atoms with E-state index in [1.807, 2.05) is 5.32 Å². The van der Waals surface area contributed by atoms with Crippen molar-refractivity contribution in [3.63, 3.8) is 0 Å². The monoisotopic (exact) mass is 420 g/mol. The zero-order valence-corrected chi connectivity index (χ0v) is 16.0. The molecule has 2 bridgehead atoms. The molecule has 2 N–H and O–H groups in total. The molecular weight excluding hydrogens is 401 g/mol. The molecule has 0 saturated carbocycles. The fourth-order valence-electron chi connectivity index (χ4n) is 3.79. The molecule has 2 aromatic rings. The first-order valence-corrected chi connectivity index (χ1v) is 9.36. The molecular formula is C19H19F3N6O2. The fraction of sp³-hybridized carbons (Fsp3) is 0.368. The smallest absolute Gasteiger partial charge is 0.366 e. The van der Waals surface area contributed by atoms with Gasteiger partial charge in [0.1, 0.15) is 18.1 Å². The molecule has 1 atom stereocenters. The minimum atomic E-state index is -4.53. The second-order valence-electron chi connectivity index (χ2n) is 7.20.